The Morgan fingerprint density at radius 1 is 1.23 bits per heavy atom. The molecule has 3 amide bonds. The molecule has 0 unspecified atom stereocenters. The van der Waals surface area contributed by atoms with E-state index < -0.39 is 47.6 Å². The van der Waals surface area contributed by atoms with Crippen molar-refractivity contribution in [2.75, 3.05) is 12.4 Å². The second-order valence-corrected chi connectivity index (χ2v) is 8.13. The molecule has 1 saturated heterocycles. The number of carbonyl (C=O) groups excluding carboxylic acids is 4. The average molecular weight is 508 g/mol. The van der Waals surface area contributed by atoms with Gasteiger partial charge in [0.1, 0.15) is 18.0 Å². The number of furan rings is 1. The number of β-lactam (4-membered cyclic amide) rings is 1. The molecule has 0 saturated carbocycles. The number of nitrogens with one attached hydrogen (secondary N) is 1. The summed E-state index contributed by atoms with van der Waals surface area (Å²) in [6.07, 6.45) is 0.264. The van der Waals surface area contributed by atoms with Crippen LogP contribution in [0.1, 0.15) is 5.76 Å². The van der Waals surface area contributed by atoms with Crippen molar-refractivity contribution in [1.82, 2.24) is 10.2 Å². The van der Waals surface area contributed by atoms with Gasteiger partial charge in [-0.2, -0.15) is 0 Å². The van der Waals surface area contributed by atoms with E-state index in [1.807, 2.05) is 0 Å². The topological polar surface area (TPSA) is 177 Å². The molecule has 2 aromatic rings. The molecule has 1 aromatic heterocycles. The van der Waals surface area contributed by atoms with E-state index in [0.717, 1.165) is 4.90 Å². The summed E-state index contributed by atoms with van der Waals surface area (Å²) in [4.78, 5) is 54.6. The van der Waals surface area contributed by atoms with Gasteiger partial charge in [0, 0.05) is 11.3 Å². The summed E-state index contributed by atoms with van der Waals surface area (Å²) >= 11 is 1.18. The molecule has 2 aliphatic heterocycles. The van der Waals surface area contributed by atoms with Gasteiger partial charge in [0.25, 0.3) is 11.8 Å². The zero-order valence-electron chi connectivity index (χ0n) is 18.3. The van der Waals surface area contributed by atoms with Crippen molar-refractivity contribution < 1.29 is 67.8 Å². The van der Waals surface area contributed by atoms with E-state index in [9.17, 15) is 24.3 Å². The number of oxime groups is 1. The van der Waals surface area contributed by atoms with Crippen molar-refractivity contribution in [3.63, 3.8) is 0 Å². The number of aliphatic carboxylic acids is 1. The smallest absolute Gasteiger partial charge is 0.543 e. The molecule has 2 aliphatic rings. The second kappa shape index (κ2) is 11.4. The fraction of sp³-hybridized carbons (Fsp3) is 0.190. The molecule has 4 rings (SSSR count). The zero-order chi connectivity index (χ0) is 24.2. The third-order valence-electron chi connectivity index (χ3n) is 4.87. The van der Waals surface area contributed by atoms with Crippen LogP contribution >= 0.6 is 11.8 Å². The molecule has 0 bridgehead atoms. The Morgan fingerprint density at radius 3 is 2.60 bits per heavy atom. The van der Waals surface area contributed by atoms with Crippen LogP contribution in [-0.2, 0) is 19.1 Å². The van der Waals surface area contributed by atoms with Crippen molar-refractivity contribution in [3.05, 3.63) is 65.8 Å². The number of carbonyl (C=O) groups is 4. The van der Waals surface area contributed by atoms with Crippen LogP contribution in [0.4, 0.5) is 4.79 Å². The van der Waals surface area contributed by atoms with E-state index in [0.29, 0.717) is 5.75 Å². The number of thioether (sulfide) groups is 1. The number of nitrogens with zero attached hydrogens (tertiary/aromatic N) is 2. The molecule has 3 N–H and O–H groups in total. The predicted molar refractivity (Wildman–Crippen MR) is 115 cm³/mol. The Hall–Kier alpha value is -3.26. The first kappa shape index (κ1) is 26.3. The molecule has 2 atom stereocenters. The first-order valence-corrected chi connectivity index (χ1v) is 10.9. The van der Waals surface area contributed by atoms with E-state index in [4.69, 9.17) is 15.0 Å². The third-order valence-corrected chi connectivity index (χ3v) is 6.21. The zero-order valence-corrected chi connectivity index (χ0v) is 21.2. The van der Waals surface area contributed by atoms with Gasteiger partial charge in [-0.3, -0.25) is 14.5 Å². The monoisotopic (exact) mass is 508 g/mol. The number of nitrogens with two attached hydrogens (primary N) is 1. The van der Waals surface area contributed by atoms with E-state index in [1.165, 1.54) is 24.1 Å². The van der Waals surface area contributed by atoms with Crippen LogP contribution in [0.15, 0.2) is 69.6 Å². The maximum absolute atomic E-state index is 13.0. The Morgan fingerprint density at radius 2 is 1.97 bits per heavy atom. The minimum Gasteiger partial charge on any atom is -0.543 e. The number of primary amides is 1. The van der Waals surface area contributed by atoms with Crippen LogP contribution in [0.5, 0.6) is 5.75 Å². The molecule has 0 radical (unpaired) electrons. The molecule has 35 heavy (non-hydrogen) atoms. The van der Waals surface area contributed by atoms with Gasteiger partial charge in [0.05, 0.1) is 17.9 Å². The van der Waals surface area contributed by atoms with E-state index >= 15 is 0 Å². The fourth-order valence-electron chi connectivity index (χ4n) is 3.34. The van der Waals surface area contributed by atoms with Gasteiger partial charge in [-0.05, 0) is 24.3 Å². The van der Waals surface area contributed by atoms with Gasteiger partial charge in [-0.25, -0.2) is 4.79 Å². The number of ether oxygens (including phenoxy) is 1. The number of rotatable bonds is 8. The average Bonchev–Trinajstić information content (AvgIpc) is 3.35. The molecular weight excluding hydrogens is 491 g/mol. The Kier molecular flexibility index (Phi) is 8.62. The van der Waals surface area contributed by atoms with Crippen LogP contribution in [0.25, 0.3) is 0 Å². The summed E-state index contributed by atoms with van der Waals surface area (Å²) in [6.45, 7) is -0.398. The third kappa shape index (κ3) is 5.70. The molecule has 14 heteroatoms. The fourth-order valence-corrected chi connectivity index (χ4v) is 4.67. The second-order valence-electron chi connectivity index (χ2n) is 7.03. The van der Waals surface area contributed by atoms with Gasteiger partial charge in [-0.1, -0.05) is 23.4 Å². The number of amides is 3. The van der Waals surface area contributed by atoms with Gasteiger partial charge >= 0.3 is 35.7 Å². The quantitative estimate of drug-likeness (QED) is 0.159. The maximum atomic E-state index is 13.0. The summed E-state index contributed by atoms with van der Waals surface area (Å²) in [5, 5.41) is 17.4. The number of para-hydroxylation sites is 1. The molecule has 0 spiro atoms. The van der Waals surface area contributed by atoms with Crippen molar-refractivity contribution in [2.45, 2.75) is 11.4 Å². The number of fused-ring (bicyclic) bond motifs is 1. The van der Waals surface area contributed by atoms with Crippen molar-refractivity contribution in [2.24, 2.45) is 10.9 Å². The number of hydrogen-bond acceptors (Lipinski definition) is 10. The van der Waals surface area contributed by atoms with Crippen LogP contribution in [0.2, 0.25) is 0 Å². The standard InChI is InChI=1S/C21H18N4O8S.Na/c22-21(30)32-9-11-10-34-19-15(18(27)25(19)16(11)20(28)29)23-17(26)14(13-7-4-8-31-13)24-33-12-5-2-1-3-6-12;/h1-8,15,19H,9-10H2,(H2,22,30)(H,23,26)(H,28,29);/q;+1/p-1/t15-,19-;/m1./s1. The first-order valence-electron chi connectivity index (χ1n) is 9.82. The number of hydrogen-bond donors (Lipinski definition) is 2. The van der Waals surface area contributed by atoms with Crippen LogP contribution in [-0.4, -0.2) is 58.3 Å². The van der Waals surface area contributed by atoms with E-state index in [1.54, 1.807) is 36.4 Å². The van der Waals surface area contributed by atoms with Crippen LogP contribution < -0.4 is 50.6 Å². The summed E-state index contributed by atoms with van der Waals surface area (Å²) in [5.41, 5.74) is 4.47. The van der Waals surface area contributed by atoms with Gasteiger partial charge in [-0.15, -0.1) is 11.8 Å². The van der Waals surface area contributed by atoms with Gasteiger partial charge in [0.15, 0.2) is 11.5 Å². The molecule has 1 aromatic carbocycles. The minimum atomic E-state index is -1.61. The first-order chi connectivity index (χ1) is 16.4. The molecule has 1 fully saturated rings. The largest absolute Gasteiger partial charge is 1.00 e. The Balaban J connectivity index is 0.00000342. The van der Waals surface area contributed by atoms with Crippen molar-refractivity contribution in [3.8, 4) is 5.75 Å². The molecular formula is C21H17N4NaO8S. The summed E-state index contributed by atoms with van der Waals surface area (Å²) in [7, 11) is 0. The Bertz CT molecular complexity index is 1190. The summed E-state index contributed by atoms with van der Waals surface area (Å²) < 4.78 is 9.92. The number of carboxylic acids is 1. The van der Waals surface area contributed by atoms with Gasteiger partial charge in [0.2, 0.25) is 5.71 Å². The van der Waals surface area contributed by atoms with Crippen LogP contribution in [0.3, 0.4) is 0 Å². The predicted octanol–water partition coefficient (Wildman–Crippen LogP) is -3.43. The summed E-state index contributed by atoms with van der Waals surface area (Å²) in [5.74, 6) is -2.44. The molecule has 0 aliphatic carbocycles. The number of benzene rings is 1. The van der Waals surface area contributed by atoms with E-state index in [-0.39, 0.29) is 52.4 Å². The molecule has 176 valence electrons. The summed E-state index contributed by atoms with van der Waals surface area (Å²) in [6, 6.07) is 10.5. The number of carboxylic acid groups (broad SMARTS) is 1. The van der Waals surface area contributed by atoms with Crippen molar-refractivity contribution >= 4 is 41.4 Å². The Labute approximate surface area is 224 Å². The minimum absolute atomic E-state index is 0. The van der Waals surface area contributed by atoms with Crippen molar-refractivity contribution in [1.29, 1.82) is 0 Å². The maximum Gasteiger partial charge on any atom is 1.00 e. The van der Waals surface area contributed by atoms with E-state index in [2.05, 4.69) is 15.2 Å². The normalized spacial score (nSPS) is 19.1. The molecule has 3 heterocycles. The SMILES string of the molecule is NC(=O)OCC1=C(C(=O)[O-])N2C(=O)[C@@H](NC(=O)C(=NOc3ccccc3)c3ccco3)[C@H]2SC1.[Na+]. The molecule has 12 nitrogen and oxygen atoms in total. The van der Waals surface area contributed by atoms with Gasteiger partial charge < -0.3 is 34.9 Å². The van der Waals surface area contributed by atoms with Crippen LogP contribution in [0, 0.1) is 0 Å².